The highest BCUT2D eigenvalue weighted by Gasteiger charge is 2.34. The van der Waals surface area contributed by atoms with Crippen LogP contribution in [0.15, 0.2) is 47.2 Å². The molecular weight excluding hydrogens is 470 g/mol. The summed E-state index contributed by atoms with van der Waals surface area (Å²) < 4.78 is 11.1. The van der Waals surface area contributed by atoms with E-state index in [0.29, 0.717) is 43.5 Å². The first-order valence-electron chi connectivity index (χ1n) is 11.4. The molecule has 1 atom stereocenters. The standard InChI is InChI=1S/C25H27N3O4S2/c1-2-27(15-23(29)26-17-5-6-19-20(14-17)32-11-10-31-19)16-24(30)28-9-7-21-18(8-13-34-21)25(28)22-4-3-12-33-22/h3-6,8,12-14,25H,2,7,9-11,15-16H2,1H3,(H,26,29). The fourth-order valence-electron chi connectivity index (χ4n) is 4.43. The molecular formula is C25H27N3O4S2. The number of fused-ring (bicyclic) bond motifs is 2. The number of amides is 2. The molecule has 0 aliphatic carbocycles. The maximum absolute atomic E-state index is 13.4. The van der Waals surface area contributed by atoms with Crippen molar-refractivity contribution in [2.45, 2.75) is 19.4 Å². The summed E-state index contributed by atoms with van der Waals surface area (Å²) >= 11 is 3.44. The Kier molecular flexibility index (Phi) is 6.85. The largest absolute Gasteiger partial charge is 0.486 e. The lowest BCUT2D eigenvalue weighted by molar-refractivity contribution is -0.134. The molecule has 0 bridgehead atoms. The second-order valence-electron chi connectivity index (χ2n) is 8.26. The van der Waals surface area contributed by atoms with Crippen molar-refractivity contribution in [3.05, 3.63) is 62.5 Å². The van der Waals surface area contributed by atoms with Crippen LogP contribution in [0.2, 0.25) is 0 Å². The lowest BCUT2D eigenvalue weighted by Crippen LogP contribution is -2.46. The highest BCUT2D eigenvalue weighted by atomic mass is 32.1. The highest BCUT2D eigenvalue weighted by molar-refractivity contribution is 7.10. The van der Waals surface area contributed by atoms with Crippen LogP contribution < -0.4 is 14.8 Å². The molecule has 178 valence electrons. The molecule has 0 radical (unpaired) electrons. The number of rotatable bonds is 7. The summed E-state index contributed by atoms with van der Waals surface area (Å²) in [5, 5.41) is 7.08. The molecule has 2 amide bonds. The molecule has 1 N–H and O–H groups in total. The lowest BCUT2D eigenvalue weighted by atomic mass is 9.98. The van der Waals surface area contributed by atoms with Crippen LogP contribution in [-0.2, 0) is 16.0 Å². The minimum Gasteiger partial charge on any atom is -0.486 e. The molecule has 1 unspecified atom stereocenters. The molecule has 7 nitrogen and oxygen atoms in total. The first-order chi connectivity index (χ1) is 16.6. The average molecular weight is 498 g/mol. The number of ether oxygens (including phenoxy) is 2. The molecule has 2 aliphatic heterocycles. The van der Waals surface area contributed by atoms with Crippen LogP contribution >= 0.6 is 22.7 Å². The van der Waals surface area contributed by atoms with Crippen LogP contribution in [0.25, 0.3) is 0 Å². The summed E-state index contributed by atoms with van der Waals surface area (Å²) in [5.74, 6) is 1.19. The van der Waals surface area contributed by atoms with E-state index >= 15 is 0 Å². The van der Waals surface area contributed by atoms with Crippen molar-refractivity contribution in [2.75, 3.05) is 44.7 Å². The Bertz CT molecular complexity index is 1160. The minimum absolute atomic E-state index is 0.0456. The van der Waals surface area contributed by atoms with Gasteiger partial charge in [-0.1, -0.05) is 13.0 Å². The van der Waals surface area contributed by atoms with Crippen LogP contribution in [0.3, 0.4) is 0 Å². The Morgan fingerprint density at radius 3 is 2.74 bits per heavy atom. The van der Waals surface area contributed by atoms with Gasteiger partial charge in [0.1, 0.15) is 13.2 Å². The van der Waals surface area contributed by atoms with Crippen LogP contribution in [0, 0.1) is 0 Å². The fraction of sp³-hybridized carbons (Fsp3) is 0.360. The Labute approximate surface area is 206 Å². The number of thiophene rings is 2. The quantitative estimate of drug-likeness (QED) is 0.534. The molecule has 2 aliphatic rings. The first-order valence-corrected chi connectivity index (χ1v) is 13.2. The number of benzene rings is 1. The third-order valence-corrected chi connectivity index (χ3v) is 8.02. The van der Waals surface area contributed by atoms with Gasteiger partial charge in [0.05, 0.1) is 19.1 Å². The molecule has 34 heavy (non-hydrogen) atoms. The first kappa shape index (κ1) is 22.9. The van der Waals surface area contributed by atoms with Crippen molar-refractivity contribution >= 4 is 40.2 Å². The van der Waals surface area contributed by atoms with Crippen molar-refractivity contribution in [3.8, 4) is 11.5 Å². The van der Waals surface area contributed by atoms with Crippen molar-refractivity contribution in [3.63, 3.8) is 0 Å². The number of likely N-dealkylation sites (N-methyl/N-ethyl adjacent to an activating group) is 1. The zero-order chi connectivity index (χ0) is 23.5. The molecule has 1 aromatic carbocycles. The number of nitrogens with zero attached hydrogens (tertiary/aromatic N) is 2. The van der Waals surface area contributed by atoms with E-state index in [9.17, 15) is 9.59 Å². The van der Waals surface area contributed by atoms with E-state index in [1.54, 1.807) is 40.9 Å². The third kappa shape index (κ3) is 4.82. The summed E-state index contributed by atoms with van der Waals surface area (Å²) in [4.78, 5) is 32.6. The molecule has 4 heterocycles. The number of hydrogen-bond donors (Lipinski definition) is 1. The van der Waals surface area contributed by atoms with E-state index in [0.717, 1.165) is 6.42 Å². The SMILES string of the molecule is CCN(CC(=O)Nc1ccc2c(c1)OCCO2)CC(=O)N1CCc2sccc2C1c1cccs1. The van der Waals surface area contributed by atoms with E-state index in [1.165, 1.54) is 15.3 Å². The summed E-state index contributed by atoms with van der Waals surface area (Å²) in [6, 6.07) is 11.6. The van der Waals surface area contributed by atoms with E-state index in [-0.39, 0.29) is 30.9 Å². The van der Waals surface area contributed by atoms with Crippen LogP contribution in [0.4, 0.5) is 5.69 Å². The smallest absolute Gasteiger partial charge is 0.238 e. The van der Waals surface area contributed by atoms with Gasteiger partial charge in [-0.25, -0.2) is 0 Å². The average Bonchev–Trinajstić information content (AvgIpc) is 3.55. The topological polar surface area (TPSA) is 71.1 Å². The third-order valence-electron chi connectivity index (χ3n) is 6.10. The van der Waals surface area contributed by atoms with E-state index < -0.39 is 0 Å². The van der Waals surface area contributed by atoms with Crippen molar-refractivity contribution in [1.82, 2.24) is 9.80 Å². The van der Waals surface area contributed by atoms with Gasteiger partial charge >= 0.3 is 0 Å². The Morgan fingerprint density at radius 1 is 1.09 bits per heavy atom. The molecule has 0 saturated heterocycles. The van der Waals surface area contributed by atoms with Crippen molar-refractivity contribution < 1.29 is 19.1 Å². The van der Waals surface area contributed by atoms with E-state index in [1.807, 2.05) is 22.8 Å². The fourth-order valence-corrected chi connectivity index (χ4v) is 6.18. The molecule has 3 aromatic rings. The van der Waals surface area contributed by atoms with Crippen LogP contribution in [0.1, 0.15) is 28.3 Å². The second kappa shape index (κ2) is 10.2. The number of anilines is 1. The maximum atomic E-state index is 13.4. The lowest BCUT2D eigenvalue weighted by Gasteiger charge is -2.36. The van der Waals surface area contributed by atoms with E-state index in [4.69, 9.17) is 9.47 Å². The van der Waals surface area contributed by atoms with Gasteiger partial charge in [-0.3, -0.25) is 14.5 Å². The minimum atomic E-state index is -0.167. The van der Waals surface area contributed by atoms with Crippen molar-refractivity contribution in [2.24, 2.45) is 0 Å². The van der Waals surface area contributed by atoms with Gasteiger partial charge in [0.15, 0.2) is 11.5 Å². The second-order valence-corrected chi connectivity index (χ2v) is 10.2. The number of carbonyl (C=O) groups is 2. The summed E-state index contributed by atoms with van der Waals surface area (Å²) in [5.41, 5.74) is 1.88. The maximum Gasteiger partial charge on any atom is 0.238 e. The van der Waals surface area contributed by atoms with Gasteiger partial charge in [-0.05, 0) is 53.6 Å². The van der Waals surface area contributed by atoms with Gasteiger partial charge in [-0.15, -0.1) is 22.7 Å². The molecule has 0 spiro atoms. The van der Waals surface area contributed by atoms with Gasteiger partial charge in [0, 0.05) is 28.1 Å². The highest BCUT2D eigenvalue weighted by Crippen LogP contribution is 2.39. The molecule has 2 aromatic heterocycles. The number of carbonyl (C=O) groups excluding carboxylic acids is 2. The van der Waals surface area contributed by atoms with Gasteiger partial charge < -0.3 is 19.7 Å². The predicted molar refractivity (Wildman–Crippen MR) is 134 cm³/mol. The monoisotopic (exact) mass is 497 g/mol. The van der Waals surface area contributed by atoms with E-state index in [2.05, 4.69) is 28.2 Å². The van der Waals surface area contributed by atoms with Crippen molar-refractivity contribution in [1.29, 1.82) is 0 Å². The van der Waals surface area contributed by atoms with Crippen LogP contribution in [-0.4, -0.2) is 61.0 Å². The number of hydrogen-bond acceptors (Lipinski definition) is 7. The zero-order valence-corrected chi connectivity index (χ0v) is 20.6. The molecule has 9 heteroatoms. The molecule has 0 fully saturated rings. The summed E-state index contributed by atoms with van der Waals surface area (Å²) in [6.07, 6.45) is 0.872. The Morgan fingerprint density at radius 2 is 1.94 bits per heavy atom. The molecule has 0 saturated carbocycles. The zero-order valence-electron chi connectivity index (χ0n) is 19.0. The normalized spacial score (nSPS) is 16.9. The Hall–Kier alpha value is -2.88. The Balaban J connectivity index is 1.24. The summed E-state index contributed by atoms with van der Waals surface area (Å²) in [7, 11) is 0. The van der Waals surface area contributed by atoms with Gasteiger partial charge in [-0.2, -0.15) is 0 Å². The number of nitrogens with one attached hydrogen (secondary N) is 1. The predicted octanol–water partition coefficient (Wildman–Crippen LogP) is 4.02. The van der Waals surface area contributed by atoms with Gasteiger partial charge in [0.2, 0.25) is 11.8 Å². The van der Waals surface area contributed by atoms with Gasteiger partial charge in [0.25, 0.3) is 0 Å². The van der Waals surface area contributed by atoms with Crippen LogP contribution in [0.5, 0.6) is 11.5 Å². The molecule has 5 rings (SSSR count). The summed E-state index contributed by atoms with van der Waals surface area (Å²) in [6.45, 7) is 4.61.